The summed E-state index contributed by atoms with van der Waals surface area (Å²) >= 11 is 0. The van der Waals surface area contributed by atoms with E-state index in [0.717, 1.165) is 10.5 Å². The van der Waals surface area contributed by atoms with Gasteiger partial charge < -0.3 is 5.21 Å². The van der Waals surface area contributed by atoms with Crippen molar-refractivity contribution in [1.82, 2.24) is 0 Å². The summed E-state index contributed by atoms with van der Waals surface area (Å²) in [6.07, 6.45) is 0.583. The molecule has 1 heterocycles. The lowest BCUT2D eigenvalue weighted by molar-refractivity contribution is 0.318. The molecule has 0 amide bonds. The fraction of sp³-hybridized carbons (Fsp3) is 0.222. The Morgan fingerprint density at radius 3 is 2.92 bits per heavy atom. The van der Waals surface area contributed by atoms with Crippen molar-refractivity contribution in [2.24, 2.45) is 5.16 Å². The molecule has 13 heavy (non-hydrogen) atoms. The van der Waals surface area contributed by atoms with Crippen LogP contribution in [0.1, 0.15) is 12.0 Å². The molecule has 1 N–H and O–H groups in total. The highest BCUT2D eigenvalue weighted by atomic mass is 32.2. The van der Waals surface area contributed by atoms with Gasteiger partial charge >= 0.3 is 0 Å². The van der Waals surface area contributed by atoms with Crippen LogP contribution in [0.3, 0.4) is 0 Å². The van der Waals surface area contributed by atoms with E-state index >= 15 is 0 Å². The van der Waals surface area contributed by atoms with Crippen LogP contribution in [0.4, 0.5) is 0 Å². The second-order valence-corrected chi connectivity index (χ2v) is 4.38. The normalized spacial score (nSPS) is 24.3. The van der Waals surface area contributed by atoms with Gasteiger partial charge in [-0.15, -0.1) is 0 Å². The van der Waals surface area contributed by atoms with Gasteiger partial charge in [0.2, 0.25) is 0 Å². The Labute approximate surface area is 78.5 Å². The molecule has 0 aliphatic carbocycles. The summed E-state index contributed by atoms with van der Waals surface area (Å²) in [4.78, 5) is 0.779. The molecule has 0 aromatic heterocycles. The van der Waals surface area contributed by atoms with Crippen molar-refractivity contribution in [2.75, 3.05) is 5.75 Å². The highest BCUT2D eigenvalue weighted by molar-refractivity contribution is 7.85. The van der Waals surface area contributed by atoms with E-state index in [1.54, 1.807) is 0 Å². The van der Waals surface area contributed by atoms with E-state index in [4.69, 9.17) is 5.21 Å². The molecule has 0 bridgehead atoms. The summed E-state index contributed by atoms with van der Waals surface area (Å²) < 4.78 is 11.5. The maximum Gasteiger partial charge on any atom is 0.0889 e. The van der Waals surface area contributed by atoms with E-state index in [9.17, 15) is 4.21 Å². The largest absolute Gasteiger partial charge is 0.411 e. The fourth-order valence-corrected chi connectivity index (χ4v) is 2.70. The van der Waals surface area contributed by atoms with Crippen molar-refractivity contribution in [3.63, 3.8) is 0 Å². The topological polar surface area (TPSA) is 49.7 Å². The molecule has 3 nitrogen and oxygen atoms in total. The van der Waals surface area contributed by atoms with E-state index in [1.165, 1.54) is 0 Å². The van der Waals surface area contributed by atoms with Crippen molar-refractivity contribution < 1.29 is 9.42 Å². The standard InChI is InChI=1S/C9H9NO2S/c11-10-8-5-6-13(12)9-4-2-1-3-7(8)9/h1-4,11H,5-6H2/b10-8-/t13-/m1/s1. The molecule has 1 aliphatic rings. The number of fused-ring (bicyclic) bond motifs is 1. The highest BCUT2D eigenvalue weighted by Gasteiger charge is 2.20. The van der Waals surface area contributed by atoms with Gasteiger partial charge in [-0.25, -0.2) is 0 Å². The summed E-state index contributed by atoms with van der Waals surface area (Å²) in [5.74, 6) is 0.552. The monoisotopic (exact) mass is 195 g/mol. The van der Waals surface area contributed by atoms with Crippen LogP contribution in [0, 0.1) is 0 Å². The van der Waals surface area contributed by atoms with Crippen LogP contribution in [-0.4, -0.2) is 20.9 Å². The Kier molecular flexibility index (Phi) is 2.14. The van der Waals surface area contributed by atoms with Gasteiger partial charge in [0, 0.05) is 22.6 Å². The Hall–Kier alpha value is -1.16. The smallest absolute Gasteiger partial charge is 0.0889 e. The zero-order chi connectivity index (χ0) is 9.26. The fourth-order valence-electron chi connectivity index (χ4n) is 1.44. The summed E-state index contributed by atoms with van der Waals surface area (Å²) in [5, 5.41) is 11.9. The van der Waals surface area contributed by atoms with Gasteiger partial charge in [0.05, 0.1) is 16.5 Å². The third kappa shape index (κ3) is 1.37. The second-order valence-electron chi connectivity index (χ2n) is 2.84. The number of hydrogen-bond acceptors (Lipinski definition) is 3. The molecule has 2 rings (SSSR count). The average molecular weight is 195 g/mol. The lowest BCUT2D eigenvalue weighted by atomic mass is 10.1. The first kappa shape index (κ1) is 8.44. The molecule has 1 aliphatic heterocycles. The molecule has 1 aromatic rings. The minimum atomic E-state index is -0.929. The SMILES string of the molecule is O=[S@@]1CC/C(=N/O)c2ccccc21. The summed E-state index contributed by atoms with van der Waals surface area (Å²) in [5.41, 5.74) is 1.45. The molecule has 0 saturated heterocycles. The van der Waals surface area contributed by atoms with Gasteiger partial charge in [0.1, 0.15) is 0 Å². The Bertz CT molecular complexity index is 387. The van der Waals surface area contributed by atoms with Crippen molar-refractivity contribution in [1.29, 1.82) is 0 Å². The van der Waals surface area contributed by atoms with Gasteiger partial charge in [0.15, 0.2) is 0 Å². The average Bonchev–Trinajstić information content (AvgIpc) is 2.19. The minimum Gasteiger partial charge on any atom is -0.411 e. The summed E-state index contributed by atoms with van der Waals surface area (Å²) in [6.45, 7) is 0. The molecule has 0 saturated carbocycles. The number of rotatable bonds is 0. The van der Waals surface area contributed by atoms with E-state index in [2.05, 4.69) is 5.16 Å². The van der Waals surface area contributed by atoms with Crippen molar-refractivity contribution in [2.45, 2.75) is 11.3 Å². The summed E-state index contributed by atoms with van der Waals surface area (Å²) in [6, 6.07) is 7.35. The zero-order valence-corrected chi connectivity index (χ0v) is 7.75. The summed E-state index contributed by atoms with van der Waals surface area (Å²) in [7, 11) is -0.929. The Morgan fingerprint density at radius 1 is 1.38 bits per heavy atom. The van der Waals surface area contributed by atoms with Crippen LogP contribution in [-0.2, 0) is 10.8 Å². The molecule has 4 heteroatoms. The molecular formula is C9H9NO2S. The molecule has 0 unspecified atom stereocenters. The lowest BCUT2D eigenvalue weighted by Gasteiger charge is -2.15. The van der Waals surface area contributed by atoms with E-state index in [0.29, 0.717) is 17.9 Å². The molecule has 1 atom stereocenters. The van der Waals surface area contributed by atoms with Crippen LogP contribution in [0.5, 0.6) is 0 Å². The van der Waals surface area contributed by atoms with Gasteiger partial charge in [-0.3, -0.25) is 4.21 Å². The molecule has 0 fully saturated rings. The molecule has 0 radical (unpaired) electrons. The Balaban J connectivity index is 2.61. The van der Waals surface area contributed by atoms with Crippen LogP contribution < -0.4 is 0 Å². The van der Waals surface area contributed by atoms with Gasteiger partial charge in [-0.05, 0) is 6.07 Å². The van der Waals surface area contributed by atoms with Crippen LogP contribution >= 0.6 is 0 Å². The van der Waals surface area contributed by atoms with Gasteiger partial charge in [-0.1, -0.05) is 23.4 Å². The first-order valence-corrected chi connectivity index (χ1v) is 5.33. The van der Waals surface area contributed by atoms with Crippen molar-refractivity contribution in [3.8, 4) is 0 Å². The molecule has 68 valence electrons. The molecule has 1 aromatic carbocycles. The second kappa shape index (κ2) is 3.30. The maximum absolute atomic E-state index is 11.5. The number of oxime groups is 1. The van der Waals surface area contributed by atoms with E-state index in [1.807, 2.05) is 24.3 Å². The zero-order valence-electron chi connectivity index (χ0n) is 6.93. The van der Waals surface area contributed by atoms with Crippen LogP contribution in [0.15, 0.2) is 34.3 Å². The highest BCUT2D eigenvalue weighted by Crippen LogP contribution is 2.21. The maximum atomic E-state index is 11.5. The van der Waals surface area contributed by atoms with Gasteiger partial charge in [-0.2, -0.15) is 0 Å². The quantitative estimate of drug-likeness (QED) is 0.502. The predicted molar refractivity (Wildman–Crippen MR) is 50.7 cm³/mol. The van der Waals surface area contributed by atoms with Crippen molar-refractivity contribution >= 4 is 16.5 Å². The lowest BCUT2D eigenvalue weighted by Crippen LogP contribution is -2.17. The minimum absolute atomic E-state index is 0.552. The van der Waals surface area contributed by atoms with Crippen molar-refractivity contribution in [3.05, 3.63) is 29.8 Å². The molecular weight excluding hydrogens is 186 g/mol. The number of nitrogens with zero attached hydrogens (tertiary/aromatic N) is 1. The Morgan fingerprint density at radius 2 is 2.15 bits per heavy atom. The predicted octanol–water partition coefficient (Wildman–Crippen LogP) is 1.38. The van der Waals surface area contributed by atoms with Crippen LogP contribution in [0.25, 0.3) is 0 Å². The van der Waals surface area contributed by atoms with Gasteiger partial charge in [0.25, 0.3) is 0 Å². The number of hydrogen-bond donors (Lipinski definition) is 1. The third-order valence-electron chi connectivity index (χ3n) is 2.09. The molecule has 0 spiro atoms. The van der Waals surface area contributed by atoms with Crippen LogP contribution in [0.2, 0.25) is 0 Å². The first-order chi connectivity index (χ1) is 6.33. The van der Waals surface area contributed by atoms with E-state index < -0.39 is 10.8 Å². The van der Waals surface area contributed by atoms with E-state index in [-0.39, 0.29) is 0 Å². The third-order valence-corrected chi connectivity index (χ3v) is 3.51. The first-order valence-electron chi connectivity index (χ1n) is 4.01. The number of benzene rings is 1.